The molecule has 0 spiro atoms. The zero-order valence-corrected chi connectivity index (χ0v) is 35.1. The fourth-order valence-corrected chi connectivity index (χ4v) is 7.67. The Balaban J connectivity index is 3.12. The molecule has 0 aliphatic rings. The van der Waals surface area contributed by atoms with Crippen LogP contribution in [0.3, 0.4) is 0 Å². The molecule has 0 aromatic carbocycles. The number of esters is 1. The maximum absolute atomic E-state index is 12.0. The van der Waals surface area contributed by atoms with E-state index in [-0.39, 0.29) is 5.97 Å². The Morgan fingerprint density at radius 3 is 0.660 bits per heavy atom. The molecule has 0 unspecified atom stereocenters. The van der Waals surface area contributed by atoms with Crippen molar-refractivity contribution in [1.82, 2.24) is 0 Å². The van der Waals surface area contributed by atoms with Gasteiger partial charge in [0.15, 0.2) is 0 Å². The first-order chi connectivity index (χ1) is 24.8. The molecule has 0 fully saturated rings. The lowest BCUT2D eigenvalue weighted by Crippen LogP contribution is -2.05. The van der Waals surface area contributed by atoms with Crippen LogP contribution in [-0.2, 0) is 9.53 Å². The molecular weight excluding hydrogens is 609 g/mol. The molecule has 0 atom stereocenters. The van der Waals surface area contributed by atoms with Crippen LogP contribution >= 0.6 is 0 Å². The summed E-state index contributed by atoms with van der Waals surface area (Å²) < 4.78 is 5.47. The predicted molar refractivity (Wildman–Crippen MR) is 225 cm³/mol. The first-order valence-electron chi connectivity index (χ1n) is 24.0. The molecule has 0 heterocycles. The first-order valence-corrected chi connectivity index (χ1v) is 24.0. The SMILES string of the molecule is CCCCCCCCCCCCCCCCCCCCCCCCCCCCCCCCOC(=O)CCCCCCCCCCCCCCC. The highest BCUT2D eigenvalue weighted by atomic mass is 16.5. The number of carbonyl (C=O) groups is 1. The molecular formula is C48H96O2. The molecule has 0 aromatic heterocycles. The van der Waals surface area contributed by atoms with E-state index in [0.29, 0.717) is 13.0 Å². The summed E-state index contributed by atoms with van der Waals surface area (Å²) in [6, 6.07) is 0. The molecule has 2 heteroatoms. The number of ether oxygens (including phenoxy) is 1. The Morgan fingerprint density at radius 1 is 0.260 bits per heavy atom. The van der Waals surface area contributed by atoms with Gasteiger partial charge in [0.05, 0.1) is 6.61 Å². The van der Waals surface area contributed by atoms with Gasteiger partial charge in [0, 0.05) is 6.42 Å². The van der Waals surface area contributed by atoms with Gasteiger partial charge in [-0.15, -0.1) is 0 Å². The summed E-state index contributed by atoms with van der Waals surface area (Å²) in [4.78, 5) is 12.0. The normalized spacial score (nSPS) is 11.5. The van der Waals surface area contributed by atoms with Gasteiger partial charge in [-0.25, -0.2) is 0 Å². The van der Waals surface area contributed by atoms with E-state index in [1.807, 2.05) is 0 Å². The Morgan fingerprint density at radius 2 is 0.440 bits per heavy atom. The third kappa shape index (κ3) is 45.5. The third-order valence-corrected chi connectivity index (χ3v) is 11.2. The smallest absolute Gasteiger partial charge is 0.305 e. The minimum absolute atomic E-state index is 0.0310. The van der Waals surface area contributed by atoms with Crippen molar-refractivity contribution in [2.45, 2.75) is 296 Å². The highest BCUT2D eigenvalue weighted by molar-refractivity contribution is 5.69. The monoisotopic (exact) mass is 705 g/mol. The van der Waals surface area contributed by atoms with Crippen LogP contribution in [0.25, 0.3) is 0 Å². The van der Waals surface area contributed by atoms with Crippen LogP contribution in [0.15, 0.2) is 0 Å². The van der Waals surface area contributed by atoms with E-state index in [1.54, 1.807) is 0 Å². The molecule has 0 aliphatic carbocycles. The van der Waals surface area contributed by atoms with Gasteiger partial charge in [-0.05, 0) is 12.8 Å². The van der Waals surface area contributed by atoms with Crippen LogP contribution in [0.1, 0.15) is 296 Å². The summed E-state index contributed by atoms with van der Waals surface area (Å²) in [6.45, 7) is 5.23. The largest absolute Gasteiger partial charge is 0.466 e. The van der Waals surface area contributed by atoms with Crippen LogP contribution in [0.2, 0.25) is 0 Å². The van der Waals surface area contributed by atoms with E-state index < -0.39 is 0 Å². The van der Waals surface area contributed by atoms with Crippen molar-refractivity contribution >= 4 is 5.97 Å². The second-order valence-corrected chi connectivity index (χ2v) is 16.5. The number of carbonyl (C=O) groups excluding carboxylic acids is 1. The Hall–Kier alpha value is -0.530. The summed E-state index contributed by atoms with van der Waals surface area (Å²) in [5.41, 5.74) is 0. The van der Waals surface area contributed by atoms with E-state index in [9.17, 15) is 4.79 Å². The van der Waals surface area contributed by atoms with Crippen molar-refractivity contribution in [1.29, 1.82) is 0 Å². The van der Waals surface area contributed by atoms with Gasteiger partial charge in [-0.3, -0.25) is 4.79 Å². The summed E-state index contributed by atoms with van der Waals surface area (Å²) >= 11 is 0. The second-order valence-electron chi connectivity index (χ2n) is 16.5. The van der Waals surface area contributed by atoms with Gasteiger partial charge in [0.1, 0.15) is 0 Å². The first kappa shape index (κ1) is 49.5. The lowest BCUT2D eigenvalue weighted by molar-refractivity contribution is -0.143. The van der Waals surface area contributed by atoms with Crippen molar-refractivity contribution in [3.63, 3.8) is 0 Å². The van der Waals surface area contributed by atoms with E-state index in [2.05, 4.69) is 13.8 Å². The molecule has 0 N–H and O–H groups in total. The fraction of sp³-hybridized carbons (Fsp3) is 0.979. The van der Waals surface area contributed by atoms with Crippen molar-refractivity contribution in [2.24, 2.45) is 0 Å². The molecule has 0 amide bonds. The molecule has 50 heavy (non-hydrogen) atoms. The van der Waals surface area contributed by atoms with Crippen LogP contribution in [0, 0.1) is 0 Å². The van der Waals surface area contributed by atoms with Crippen molar-refractivity contribution < 1.29 is 9.53 Å². The second kappa shape index (κ2) is 46.5. The van der Waals surface area contributed by atoms with Crippen LogP contribution in [0.5, 0.6) is 0 Å². The summed E-state index contributed by atoms with van der Waals surface area (Å²) in [5.74, 6) is 0.0310. The van der Waals surface area contributed by atoms with Crippen molar-refractivity contribution in [3.8, 4) is 0 Å². The molecule has 0 saturated carbocycles. The van der Waals surface area contributed by atoms with E-state index in [0.717, 1.165) is 12.8 Å². The molecule has 0 bridgehead atoms. The molecule has 0 rings (SSSR count). The highest BCUT2D eigenvalue weighted by Crippen LogP contribution is 2.17. The molecule has 2 nitrogen and oxygen atoms in total. The van der Waals surface area contributed by atoms with Gasteiger partial charge in [-0.1, -0.05) is 277 Å². The number of rotatable bonds is 45. The average Bonchev–Trinajstić information content (AvgIpc) is 3.12. The lowest BCUT2D eigenvalue weighted by Gasteiger charge is -2.06. The van der Waals surface area contributed by atoms with Crippen LogP contribution in [0.4, 0.5) is 0 Å². The number of hydrogen-bond donors (Lipinski definition) is 0. The van der Waals surface area contributed by atoms with Crippen molar-refractivity contribution in [3.05, 3.63) is 0 Å². The van der Waals surface area contributed by atoms with E-state index in [4.69, 9.17) is 4.74 Å². The van der Waals surface area contributed by atoms with Crippen LogP contribution in [-0.4, -0.2) is 12.6 Å². The Kier molecular flexibility index (Phi) is 46.0. The maximum Gasteiger partial charge on any atom is 0.305 e. The van der Waals surface area contributed by atoms with E-state index >= 15 is 0 Å². The zero-order valence-electron chi connectivity index (χ0n) is 35.1. The highest BCUT2D eigenvalue weighted by Gasteiger charge is 2.03. The number of hydrogen-bond acceptors (Lipinski definition) is 2. The van der Waals surface area contributed by atoms with Gasteiger partial charge < -0.3 is 4.74 Å². The maximum atomic E-state index is 12.0. The van der Waals surface area contributed by atoms with Gasteiger partial charge >= 0.3 is 5.97 Å². The minimum atomic E-state index is 0.0310. The standard InChI is InChI=1S/C48H96O2/c1-3-5-7-9-11-13-15-17-18-19-20-21-22-23-24-25-26-27-28-29-30-31-32-33-35-37-39-41-43-45-47-50-48(49)46-44-42-40-38-36-34-16-14-12-10-8-6-4-2/h3-47H2,1-2H3. The molecule has 0 radical (unpaired) electrons. The molecule has 0 aromatic rings. The topological polar surface area (TPSA) is 26.3 Å². The summed E-state index contributed by atoms with van der Waals surface area (Å²) in [6.07, 6.45) is 60.9. The molecule has 0 saturated heterocycles. The third-order valence-electron chi connectivity index (χ3n) is 11.2. The Labute approximate surface area is 317 Å². The van der Waals surface area contributed by atoms with E-state index in [1.165, 1.54) is 263 Å². The lowest BCUT2D eigenvalue weighted by atomic mass is 10.0. The van der Waals surface area contributed by atoms with Crippen LogP contribution < -0.4 is 0 Å². The molecule has 0 aliphatic heterocycles. The minimum Gasteiger partial charge on any atom is -0.466 e. The van der Waals surface area contributed by atoms with Gasteiger partial charge in [0.25, 0.3) is 0 Å². The zero-order chi connectivity index (χ0) is 36.1. The van der Waals surface area contributed by atoms with Crippen molar-refractivity contribution in [2.75, 3.05) is 6.61 Å². The number of unbranched alkanes of at least 4 members (excludes halogenated alkanes) is 41. The fourth-order valence-electron chi connectivity index (χ4n) is 7.67. The Bertz CT molecular complexity index is 601. The molecule has 300 valence electrons. The van der Waals surface area contributed by atoms with Gasteiger partial charge in [0.2, 0.25) is 0 Å². The predicted octanol–water partition coefficient (Wildman–Crippen LogP) is 17.7. The average molecular weight is 705 g/mol. The summed E-state index contributed by atoms with van der Waals surface area (Å²) in [7, 11) is 0. The summed E-state index contributed by atoms with van der Waals surface area (Å²) in [5, 5.41) is 0. The quantitative estimate of drug-likeness (QED) is 0.0466. The van der Waals surface area contributed by atoms with Gasteiger partial charge in [-0.2, -0.15) is 0 Å².